The van der Waals surface area contributed by atoms with Gasteiger partial charge in [0.2, 0.25) is 11.9 Å². The molecule has 0 aliphatic carbocycles. The van der Waals surface area contributed by atoms with Crippen molar-refractivity contribution in [3.63, 3.8) is 0 Å². The van der Waals surface area contributed by atoms with E-state index in [1.807, 2.05) is 6.07 Å². The number of aliphatic hydroxyl groups excluding tert-OH is 1. The van der Waals surface area contributed by atoms with E-state index < -0.39 is 11.9 Å². The summed E-state index contributed by atoms with van der Waals surface area (Å²) in [7, 11) is 0. The van der Waals surface area contributed by atoms with Gasteiger partial charge in [-0.1, -0.05) is 18.2 Å². The molecule has 0 saturated carbocycles. The van der Waals surface area contributed by atoms with Crippen LogP contribution in [0.3, 0.4) is 0 Å². The molecule has 1 amide bonds. The number of carbonyl (C=O) groups is 1. The van der Waals surface area contributed by atoms with E-state index in [9.17, 15) is 19.6 Å². The molecule has 7 nitrogen and oxygen atoms in total. The Labute approximate surface area is 185 Å². The van der Waals surface area contributed by atoms with Crippen LogP contribution in [0, 0.1) is 17.1 Å². The fourth-order valence-corrected chi connectivity index (χ4v) is 3.77. The third kappa shape index (κ3) is 4.43. The zero-order valence-corrected chi connectivity index (χ0v) is 17.5. The number of rotatable bonds is 6. The van der Waals surface area contributed by atoms with Gasteiger partial charge in [0.15, 0.2) is 0 Å². The first-order chi connectivity index (χ1) is 15.5. The maximum absolute atomic E-state index is 14.0. The molecule has 0 spiro atoms. The van der Waals surface area contributed by atoms with E-state index in [2.05, 4.69) is 21.4 Å². The van der Waals surface area contributed by atoms with E-state index in [0.717, 1.165) is 11.1 Å². The number of aliphatic hydroxyl groups is 1. The minimum absolute atomic E-state index is 0.0665. The number of hydrogen-bond donors (Lipinski definition) is 2. The van der Waals surface area contributed by atoms with Crippen molar-refractivity contribution in [1.29, 1.82) is 5.26 Å². The quantitative estimate of drug-likeness (QED) is 0.622. The summed E-state index contributed by atoms with van der Waals surface area (Å²) >= 11 is 0. The summed E-state index contributed by atoms with van der Waals surface area (Å²) in [5.41, 5.74) is 3.53. The lowest BCUT2D eigenvalue weighted by Gasteiger charge is -2.19. The van der Waals surface area contributed by atoms with E-state index in [-0.39, 0.29) is 12.3 Å². The van der Waals surface area contributed by atoms with Gasteiger partial charge in [-0.05, 0) is 48.7 Å². The van der Waals surface area contributed by atoms with Gasteiger partial charge < -0.3 is 15.3 Å². The monoisotopic (exact) mass is 431 g/mol. The van der Waals surface area contributed by atoms with Crippen molar-refractivity contribution in [2.24, 2.45) is 0 Å². The molecule has 1 unspecified atom stereocenters. The standard InChI is InChI=1S/C24H22FN5O2/c1-15(31)14-28-24-27-8-6-21(29-24)18-10-17-7-9-30(23(17)19(11-18)13-26)22(32)12-16-4-2-3-5-20(16)25/h2-6,8,10-11,15,31H,7,9,12,14H2,1H3,(H,27,28,29). The van der Waals surface area contributed by atoms with E-state index >= 15 is 0 Å². The topological polar surface area (TPSA) is 102 Å². The van der Waals surface area contributed by atoms with Crippen molar-refractivity contribution in [2.75, 3.05) is 23.3 Å². The molecule has 1 aromatic heterocycles. The van der Waals surface area contributed by atoms with Crippen molar-refractivity contribution in [1.82, 2.24) is 9.97 Å². The molecule has 3 aromatic rings. The van der Waals surface area contributed by atoms with Gasteiger partial charge in [0.1, 0.15) is 11.9 Å². The molecule has 32 heavy (non-hydrogen) atoms. The molecular weight excluding hydrogens is 409 g/mol. The van der Waals surface area contributed by atoms with E-state index in [1.54, 1.807) is 48.4 Å². The van der Waals surface area contributed by atoms with Gasteiger partial charge in [-0.3, -0.25) is 4.79 Å². The lowest BCUT2D eigenvalue weighted by Crippen LogP contribution is -2.31. The number of halogens is 1. The van der Waals surface area contributed by atoms with Crippen LogP contribution in [0.2, 0.25) is 0 Å². The second kappa shape index (κ2) is 9.12. The molecule has 4 rings (SSSR count). The smallest absolute Gasteiger partial charge is 0.231 e. The highest BCUT2D eigenvalue weighted by molar-refractivity contribution is 5.98. The first-order valence-corrected chi connectivity index (χ1v) is 10.3. The predicted molar refractivity (Wildman–Crippen MR) is 119 cm³/mol. The molecule has 0 bridgehead atoms. The van der Waals surface area contributed by atoms with E-state index in [0.29, 0.717) is 48.0 Å². The first kappa shape index (κ1) is 21.4. The van der Waals surface area contributed by atoms with Gasteiger partial charge in [0.05, 0.1) is 29.5 Å². The Balaban J connectivity index is 1.62. The minimum atomic E-state index is -0.541. The van der Waals surface area contributed by atoms with Crippen LogP contribution in [0.5, 0.6) is 0 Å². The van der Waals surface area contributed by atoms with E-state index in [4.69, 9.17) is 0 Å². The van der Waals surface area contributed by atoms with Crippen LogP contribution in [0.1, 0.15) is 23.6 Å². The molecule has 162 valence electrons. The summed E-state index contributed by atoms with van der Waals surface area (Å²) in [4.78, 5) is 23.1. The SMILES string of the molecule is CC(O)CNc1nccc(-c2cc(C#N)c3c(c2)CCN3C(=O)Cc2ccccc2F)n1. The maximum Gasteiger partial charge on any atom is 0.231 e. The molecule has 2 N–H and O–H groups in total. The number of nitrogens with one attached hydrogen (secondary N) is 1. The summed E-state index contributed by atoms with van der Waals surface area (Å²) in [6.45, 7) is 2.41. The van der Waals surface area contributed by atoms with Gasteiger partial charge in [0, 0.05) is 24.8 Å². The van der Waals surface area contributed by atoms with Crippen LogP contribution in [0.4, 0.5) is 16.0 Å². The predicted octanol–water partition coefficient (Wildman–Crippen LogP) is 3.08. The normalized spacial score (nSPS) is 13.4. The highest BCUT2D eigenvalue weighted by atomic mass is 19.1. The lowest BCUT2D eigenvalue weighted by atomic mass is 10.0. The van der Waals surface area contributed by atoms with Crippen molar-refractivity contribution in [2.45, 2.75) is 25.9 Å². The number of fused-ring (bicyclic) bond motifs is 1. The Morgan fingerprint density at radius 1 is 1.34 bits per heavy atom. The molecular formula is C24H22FN5O2. The highest BCUT2D eigenvalue weighted by Gasteiger charge is 2.29. The molecule has 1 aliphatic rings. The lowest BCUT2D eigenvalue weighted by molar-refractivity contribution is -0.117. The Morgan fingerprint density at radius 2 is 2.16 bits per heavy atom. The molecule has 1 aliphatic heterocycles. The molecule has 2 heterocycles. The fourth-order valence-electron chi connectivity index (χ4n) is 3.77. The summed E-state index contributed by atoms with van der Waals surface area (Å²) in [5.74, 6) is -0.284. The van der Waals surface area contributed by atoms with Crippen LogP contribution in [0.15, 0.2) is 48.7 Å². The number of hydrogen-bond acceptors (Lipinski definition) is 6. The molecule has 0 radical (unpaired) electrons. The minimum Gasteiger partial charge on any atom is -0.392 e. The average molecular weight is 431 g/mol. The number of amides is 1. The van der Waals surface area contributed by atoms with Gasteiger partial charge in [-0.2, -0.15) is 5.26 Å². The zero-order valence-electron chi connectivity index (χ0n) is 17.5. The summed E-state index contributed by atoms with van der Waals surface area (Å²) < 4.78 is 14.0. The highest BCUT2D eigenvalue weighted by Crippen LogP contribution is 2.36. The zero-order chi connectivity index (χ0) is 22.7. The van der Waals surface area contributed by atoms with Gasteiger partial charge >= 0.3 is 0 Å². The Hall–Kier alpha value is -3.83. The third-order valence-electron chi connectivity index (χ3n) is 5.29. The second-order valence-electron chi connectivity index (χ2n) is 7.70. The Morgan fingerprint density at radius 3 is 2.91 bits per heavy atom. The number of carbonyl (C=O) groups excluding carboxylic acids is 1. The fraction of sp³-hybridized carbons (Fsp3) is 0.250. The van der Waals surface area contributed by atoms with Crippen LogP contribution < -0.4 is 10.2 Å². The van der Waals surface area contributed by atoms with Crippen LogP contribution in [-0.4, -0.2) is 40.2 Å². The Kier molecular flexibility index (Phi) is 6.10. The first-order valence-electron chi connectivity index (χ1n) is 10.3. The summed E-state index contributed by atoms with van der Waals surface area (Å²) in [6.07, 6.45) is 1.60. The largest absolute Gasteiger partial charge is 0.392 e. The maximum atomic E-state index is 14.0. The molecule has 8 heteroatoms. The number of benzene rings is 2. The Bertz CT molecular complexity index is 1210. The average Bonchev–Trinajstić information content (AvgIpc) is 3.23. The van der Waals surface area contributed by atoms with E-state index in [1.165, 1.54) is 6.07 Å². The summed E-state index contributed by atoms with van der Waals surface area (Å²) in [6, 6.07) is 13.8. The third-order valence-corrected chi connectivity index (χ3v) is 5.29. The van der Waals surface area contributed by atoms with Crippen molar-refractivity contribution in [3.8, 4) is 17.3 Å². The second-order valence-corrected chi connectivity index (χ2v) is 7.70. The van der Waals surface area contributed by atoms with Crippen LogP contribution in [-0.2, 0) is 17.6 Å². The molecule has 2 aromatic carbocycles. The molecule has 0 fully saturated rings. The van der Waals surface area contributed by atoms with Crippen molar-refractivity contribution in [3.05, 3.63) is 71.2 Å². The summed E-state index contributed by atoms with van der Waals surface area (Å²) in [5, 5.41) is 22.2. The van der Waals surface area contributed by atoms with Gasteiger partial charge in [-0.25, -0.2) is 14.4 Å². The van der Waals surface area contributed by atoms with Crippen LogP contribution in [0.25, 0.3) is 11.3 Å². The van der Waals surface area contributed by atoms with Crippen LogP contribution >= 0.6 is 0 Å². The van der Waals surface area contributed by atoms with Crippen molar-refractivity contribution < 1.29 is 14.3 Å². The van der Waals surface area contributed by atoms with Crippen molar-refractivity contribution >= 4 is 17.5 Å². The molecule has 0 saturated heterocycles. The van der Waals surface area contributed by atoms with Gasteiger partial charge in [0.25, 0.3) is 0 Å². The number of aromatic nitrogens is 2. The van der Waals surface area contributed by atoms with Gasteiger partial charge in [-0.15, -0.1) is 0 Å². The number of nitriles is 1. The molecule has 1 atom stereocenters. The number of anilines is 2. The number of nitrogens with zero attached hydrogens (tertiary/aromatic N) is 4.